The minimum absolute atomic E-state index is 0.0342. The average molecular weight is 287 g/mol. The van der Waals surface area contributed by atoms with Gasteiger partial charge in [0.05, 0.1) is 0 Å². The molecule has 21 heavy (non-hydrogen) atoms. The number of pyridine rings is 1. The molecule has 2 rings (SSSR count). The Morgan fingerprint density at radius 1 is 1.24 bits per heavy atom. The van der Waals surface area contributed by atoms with Gasteiger partial charge >= 0.3 is 0 Å². The molecule has 2 aromatic heterocycles. The summed E-state index contributed by atoms with van der Waals surface area (Å²) >= 11 is 0. The molecule has 0 saturated carbocycles. The van der Waals surface area contributed by atoms with Gasteiger partial charge in [0.1, 0.15) is 12.2 Å². The largest absolute Gasteiger partial charge is 0.350 e. The van der Waals surface area contributed by atoms with Crippen LogP contribution >= 0.6 is 0 Å². The summed E-state index contributed by atoms with van der Waals surface area (Å²) in [4.78, 5) is 26.0. The SMILES string of the molecule is CN(C)c1ncnc(CCNC(=O)C[n+]2ccccc2)n1. The van der Waals surface area contributed by atoms with Crippen LogP contribution in [0.25, 0.3) is 0 Å². The van der Waals surface area contributed by atoms with Crippen molar-refractivity contribution < 1.29 is 9.36 Å². The van der Waals surface area contributed by atoms with Gasteiger partial charge in [0.25, 0.3) is 5.91 Å². The molecule has 0 atom stereocenters. The Bertz CT molecular complexity index is 587. The van der Waals surface area contributed by atoms with E-state index in [-0.39, 0.29) is 5.91 Å². The summed E-state index contributed by atoms with van der Waals surface area (Å²) in [5.74, 6) is 1.25. The monoisotopic (exact) mass is 287 g/mol. The molecule has 0 fully saturated rings. The van der Waals surface area contributed by atoms with Gasteiger partial charge in [-0.2, -0.15) is 9.55 Å². The van der Waals surface area contributed by atoms with Gasteiger partial charge < -0.3 is 10.2 Å². The van der Waals surface area contributed by atoms with Gasteiger partial charge in [-0.1, -0.05) is 6.07 Å². The van der Waals surface area contributed by atoms with Crippen LogP contribution in [-0.4, -0.2) is 41.5 Å². The summed E-state index contributed by atoms with van der Waals surface area (Å²) in [5, 5.41) is 2.85. The molecule has 0 spiro atoms. The molecule has 7 heteroatoms. The zero-order chi connectivity index (χ0) is 15.1. The van der Waals surface area contributed by atoms with E-state index < -0.39 is 0 Å². The van der Waals surface area contributed by atoms with Gasteiger partial charge in [-0.3, -0.25) is 4.79 Å². The topological polar surface area (TPSA) is 74.9 Å². The van der Waals surface area contributed by atoms with Crippen LogP contribution in [0.3, 0.4) is 0 Å². The van der Waals surface area contributed by atoms with E-state index in [2.05, 4.69) is 20.3 Å². The Kier molecular flexibility index (Phi) is 5.14. The molecule has 0 unspecified atom stereocenters. The standard InChI is InChI=1S/C14H18N6O/c1-19(2)14-17-11-16-12(18-14)6-7-15-13(21)10-20-8-4-3-5-9-20/h3-5,8-9,11H,6-7,10H2,1-2H3/p+1. The summed E-state index contributed by atoms with van der Waals surface area (Å²) in [7, 11) is 3.75. The number of nitrogens with one attached hydrogen (secondary N) is 1. The van der Waals surface area contributed by atoms with Crippen LogP contribution in [0.15, 0.2) is 36.9 Å². The van der Waals surface area contributed by atoms with Crippen LogP contribution in [0.2, 0.25) is 0 Å². The maximum absolute atomic E-state index is 11.8. The van der Waals surface area contributed by atoms with E-state index in [1.807, 2.05) is 54.2 Å². The molecule has 0 saturated heterocycles. The highest BCUT2D eigenvalue weighted by Gasteiger charge is 2.08. The number of nitrogens with zero attached hydrogens (tertiary/aromatic N) is 5. The molecule has 2 heterocycles. The number of carbonyl (C=O) groups excluding carboxylic acids is 1. The van der Waals surface area contributed by atoms with Crippen LogP contribution in [0, 0.1) is 0 Å². The Labute approximate surface area is 123 Å². The van der Waals surface area contributed by atoms with E-state index in [0.29, 0.717) is 31.3 Å². The zero-order valence-corrected chi connectivity index (χ0v) is 12.2. The van der Waals surface area contributed by atoms with Crippen LogP contribution < -0.4 is 14.8 Å². The Hall–Kier alpha value is -2.57. The van der Waals surface area contributed by atoms with Crippen molar-refractivity contribution in [3.63, 3.8) is 0 Å². The first kappa shape index (κ1) is 14.8. The number of carbonyl (C=O) groups is 1. The van der Waals surface area contributed by atoms with Crippen molar-refractivity contribution in [2.24, 2.45) is 0 Å². The van der Waals surface area contributed by atoms with E-state index in [1.165, 1.54) is 6.33 Å². The molecule has 0 aromatic carbocycles. The minimum atomic E-state index is -0.0342. The first-order chi connectivity index (χ1) is 10.1. The number of rotatable bonds is 6. The minimum Gasteiger partial charge on any atom is -0.350 e. The number of anilines is 1. The van der Waals surface area contributed by atoms with Crippen molar-refractivity contribution in [3.05, 3.63) is 42.7 Å². The van der Waals surface area contributed by atoms with Gasteiger partial charge in [-0.15, -0.1) is 0 Å². The Balaban J connectivity index is 1.79. The molecular formula is C14H19N6O+. The second kappa shape index (κ2) is 7.28. The molecule has 0 aliphatic carbocycles. The van der Waals surface area contributed by atoms with Crippen LogP contribution in [-0.2, 0) is 17.8 Å². The number of aromatic nitrogens is 4. The van der Waals surface area contributed by atoms with Crippen LogP contribution in [0.4, 0.5) is 5.95 Å². The molecule has 0 aliphatic heterocycles. The third-order valence-electron chi connectivity index (χ3n) is 2.78. The lowest BCUT2D eigenvalue weighted by atomic mass is 10.4. The molecule has 0 aliphatic rings. The predicted octanol–water partition coefficient (Wildman–Crippen LogP) is -0.416. The van der Waals surface area contributed by atoms with Crippen LogP contribution in [0.1, 0.15) is 5.82 Å². The van der Waals surface area contributed by atoms with Gasteiger partial charge in [-0.05, 0) is 0 Å². The van der Waals surface area contributed by atoms with Gasteiger partial charge in [0.15, 0.2) is 12.4 Å². The summed E-state index contributed by atoms with van der Waals surface area (Å²) < 4.78 is 1.82. The lowest BCUT2D eigenvalue weighted by Gasteiger charge is -2.10. The third-order valence-corrected chi connectivity index (χ3v) is 2.78. The molecule has 110 valence electrons. The highest BCUT2D eigenvalue weighted by atomic mass is 16.1. The first-order valence-corrected chi connectivity index (χ1v) is 6.71. The fourth-order valence-corrected chi connectivity index (χ4v) is 1.73. The second-order valence-corrected chi connectivity index (χ2v) is 4.74. The van der Waals surface area contributed by atoms with Crippen molar-refractivity contribution in [2.45, 2.75) is 13.0 Å². The van der Waals surface area contributed by atoms with Gasteiger partial charge in [-0.25, -0.2) is 9.97 Å². The smallest absolute Gasteiger partial charge is 0.286 e. The summed E-state index contributed by atoms with van der Waals surface area (Å²) in [6, 6.07) is 5.69. The molecule has 0 radical (unpaired) electrons. The molecular weight excluding hydrogens is 268 g/mol. The highest BCUT2D eigenvalue weighted by Crippen LogP contribution is 2.00. The van der Waals surface area contributed by atoms with Crippen molar-refractivity contribution in [1.29, 1.82) is 0 Å². The molecule has 1 N–H and O–H groups in total. The molecule has 2 aromatic rings. The normalized spacial score (nSPS) is 10.2. The Morgan fingerprint density at radius 2 is 2.00 bits per heavy atom. The highest BCUT2D eigenvalue weighted by molar-refractivity contribution is 5.74. The van der Waals surface area contributed by atoms with E-state index in [1.54, 1.807) is 0 Å². The summed E-state index contributed by atoms with van der Waals surface area (Å²) in [6.45, 7) is 0.810. The maximum Gasteiger partial charge on any atom is 0.286 e. The summed E-state index contributed by atoms with van der Waals surface area (Å²) in [6.07, 6.45) is 5.78. The fourth-order valence-electron chi connectivity index (χ4n) is 1.73. The quantitative estimate of drug-likeness (QED) is 0.731. The Morgan fingerprint density at radius 3 is 2.71 bits per heavy atom. The molecule has 7 nitrogen and oxygen atoms in total. The van der Waals surface area contributed by atoms with Crippen molar-refractivity contribution >= 4 is 11.9 Å². The molecule has 0 bridgehead atoms. The van der Waals surface area contributed by atoms with Crippen molar-refractivity contribution in [2.75, 3.05) is 25.5 Å². The summed E-state index contributed by atoms with van der Waals surface area (Å²) in [5.41, 5.74) is 0. The fraction of sp³-hybridized carbons (Fsp3) is 0.357. The van der Waals surface area contributed by atoms with Crippen molar-refractivity contribution in [1.82, 2.24) is 20.3 Å². The lowest BCUT2D eigenvalue weighted by molar-refractivity contribution is -0.684. The van der Waals surface area contributed by atoms with E-state index in [9.17, 15) is 4.79 Å². The van der Waals surface area contributed by atoms with E-state index in [0.717, 1.165) is 0 Å². The lowest BCUT2D eigenvalue weighted by Crippen LogP contribution is -2.42. The zero-order valence-electron chi connectivity index (χ0n) is 12.2. The number of hydrogen-bond acceptors (Lipinski definition) is 5. The van der Waals surface area contributed by atoms with Crippen molar-refractivity contribution in [3.8, 4) is 0 Å². The second-order valence-electron chi connectivity index (χ2n) is 4.74. The van der Waals surface area contributed by atoms with Crippen LogP contribution in [0.5, 0.6) is 0 Å². The first-order valence-electron chi connectivity index (χ1n) is 6.71. The molecule has 1 amide bonds. The van der Waals surface area contributed by atoms with Gasteiger partial charge in [0, 0.05) is 39.2 Å². The number of amides is 1. The van der Waals surface area contributed by atoms with E-state index >= 15 is 0 Å². The average Bonchev–Trinajstić information content (AvgIpc) is 2.48. The van der Waals surface area contributed by atoms with Gasteiger partial charge in [0.2, 0.25) is 12.5 Å². The maximum atomic E-state index is 11.8. The predicted molar refractivity (Wildman–Crippen MR) is 77.5 cm³/mol. The van der Waals surface area contributed by atoms with E-state index in [4.69, 9.17) is 0 Å². The third kappa shape index (κ3) is 4.79. The number of hydrogen-bond donors (Lipinski definition) is 1.